The van der Waals surface area contributed by atoms with Gasteiger partial charge in [0.1, 0.15) is 5.82 Å². The number of nitrogens with zero attached hydrogens (tertiary/aromatic N) is 2. The summed E-state index contributed by atoms with van der Waals surface area (Å²) >= 11 is 0. The number of benzene rings is 4. The van der Waals surface area contributed by atoms with Gasteiger partial charge in [-0.3, -0.25) is 0 Å². The Labute approximate surface area is 283 Å². The summed E-state index contributed by atoms with van der Waals surface area (Å²) in [4.78, 5) is 5.46. The van der Waals surface area contributed by atoms with Crippen LogP contribution in [0, 0.1) is 0 Å². The quantitative estimate of drug-likeness (QED) is 0.176. The van der Waals surface area contributed by atoms with Crippen molar-refractivity contribution in [3.63, 3.8) is 0 Å². The molecular weight excluding hydrogens is 621 g/mol. The Morgan fingerprint density at radius 2 is 1.19 bits per heavy atom. The monoisotopic (exact) mass is 664 g/mol. The minimum absolute atomic E-state index is 0.297. The highest BCUT2D eigenvalue weighted by Crippen LogP contribution is 2.36. The number of imidazole rings is 1. The molecule has 7 rings (SSSR count). The van der Waals surface area contributed by atoms with E-state index in [0.717, 1.165) is 110 Å². The summed E-state index contributed by atoms with van der Waals surface area (Å²) in [6.45, 7) is 4.99. The molecule has 5 aromatic rings. The normalized spacial score (nSPS) is 16.5. The first-order valence-corrected chi connectivity index (χ1v) is 18.8. The van der Waals surface area contributed by atoms with Gasteiger partial charge in [0.2, 0.25) is 0 Å². The molecule has 9 heteroatoms. The zero-order chi connectivity index (χ0) is 33.1. The van der Waals surface area contributed by atoms with Crippen molar-refractivity contribution in [1.82, 2.24) is 20.2 Å². The van der Waals surface area contributed by atoms with E-state index in [0.29, 0.717) is 17.0 Å². The lowest BCUT2D eigenvalue weighted by Gasteiger charge is -2.23. The maximum atomic E-state index is 12.1. The SMILES string of the molecule is Cn1c(-c2ccc(S(C)(=O)=O)cc2)nc2c(-c3ccc(CNC4CCOCC4)cc3)cc(-c3ccc(CNC4CCOCC4)cc3)cc21. The fourth-order valence-electron chi connectivity index (χ4n) is 6.73. The number of fused-ring (bicyclic) bond motifs is 1. The molecule has 48 heavy (non-hydrogen) atoms. The molecule has 3 heterocycles. The van der Waals surface area contributed by atoms with E-state index >= 15 is 0 Å². The zero-order valence-electron chi connectivity index (χ0n) is 27.7. The van der Waals surface area contributed by atoms with Crippen molar-refractivity contribution >= 4 is 20.9 Å². The molecule has 0 atom stereocenters. The van der Waals surface area contributed by atoms with Crippen LogP contribution in [0.1, 0.15) is 36.8 Å². The highest BCUT2D eigenvalue weighted by molar-refractivity contribution is 7.90. The Bertz CT molecular complexity index is 1960. The van der Waals surface area contributed by atoms with E-state index in [1.54, 1.807) is 12.1 Å². The molecule has 0 amide bonds. The molecular formula is C39H44N4O4S. The van der Waals surface area contributed by atoms with Gasteiger partial charge in [-0.15, -0.1) is 0 Å². The summed E-state index contributed by atoms with van der Waals surface area (Å²) in [5.74, 6) is 0.787. The second-order valence-corrected chi connectivity index (χ2v) is 15.1. The highest BCUT2D eigenvalue weighted by atomic mass is 32.2. The van der Waals surface area contributed by atoms with E-state index in [-0.39, 0.29) is 0 Å². The smallest absolute Gasteiger partial charge is 0.175 e. The van der Waals surface area contributed by atoms with Crippen LogP contribution in [-0.2, 0) is 39.4 Å². The van der Waals surface area contributed by atoms with Crippen LogP contribution in [0.3, 0.4) is 0 Å². The van der Waals surface area contributed by atoms with Crippen molar-refractivity contribution in [1.29, 1.82) is 0 Å². The standard InChI is InChI=1S/C39H44N4O4S/c1-43-37-24-32(29-7-3-27(4-8-29)25-40-33-15-19-46-20-16-33)23-36(30-9-5-28(6-10-30)26-41-34-17-21-47-22-18-34)38(37)42-39(43)31-11-13-35(14-12-31)48(2,44)45/h3-14,23-24,33-34,40-41H,15-22,25-26H2,1-2H3. The summed E-state index contributed by atoms with van der Waals surface area (Å²) in [6.07, 6.45) is 5.45. The first kappa shape index (κ1) is 32.7. The molecule has 0 unspecified atom stereocenters. The first-order chi connectivity index (χ1) is 23.3. The van der Waals surface area contributed by atoms with Crippen LogP contribution in [0.4, 0.5) is 0 Å². The van der Waals surface area contributed by atoms with E-state index in [9.17, 15) is 8.42 Å². The lowest BCUT2D eigenvalue weighted by atomic mass is 9.96. The lowest BCUT2D eigenvalue weighted by molar-refractivity contribution is 0.0775. The molecule has 8 nitrogen and oxygen atoms in total. The van der Waals surface area contributed by atoms with Crippen LogP contribution >= 0.6 is 0 Å². The largest absolute Gasteiger partial charge is 0.381 e. The number of aryl methyl sites for hydroxylation is 1. The van der Waals surface area contributed by atoms with Crippen molar-refractivity contribution < 1.29 is 17.9 Å². The van der Waals surface area contributed by atoms with Gasteiger partial charge in [0, 0.05) is 76.0 Å². The first-order valence-electron chi connectivity index (χ1n) is 16.9. The summed E-state index contributed by atoms with van der Waals surface area (Å²) < 4.78 is 37.3. The van der Waals surface area contributed by atoms with Gasteiger partial charge in [-0.2, -0.15) is 0 Å². The molecule has 0 spiro atoms. The lowest BCUT2D eigenvalue weighted by Crippen LogP contribution is -2.34. The maximum absolute atomic E-state index is 12.1. The van der Waals surface area contributed by atoms with Gasteiger partial charge in [-0.25, -0.2) is 13.4 Å². The van der Waals surface area contributed by atoms with E-state index < -0.39 is 9.84 Å². The number of rotatable bonds is 10. The number of nitrogens with one attached hydrogen (secondary N) is 2. The Kier molecular flexibility index (Phi) is 9.75. The van der Waals surface area contributed by atoms with Gasteiger partial charge in [0.25, 0.3) is 0 Å². The third kappa shape index (κ3) is 7.41. The van der Waals surface area contributed by atoms with E-state index in [1.165, 1.54) is 17.4 Å². The maximum Gasteiger partial charge on any atom is 0.175 e. The molecule has 0 saturated carbocycles. The van der Waals surface area contributed by atoms with Crippen LogP contribution in [-0.4, -0.2) is 62.7 Å². The van der Waals surface area contributed by atoms with Gasteiger partial charge in [-0.05, 0) is 89.9 Å². The second-order valence-electron chi connectivity index (χ2n) is 13.1. The van der Waals surface area contributed by atoms with E-state index in [2.05, 4.69) is 75.9 Å². The molecule has 0 radical (unpaired) electrons. The number of sulfone groups is 1. The van der Waals surface area contributed by atoms with Crippen molar-refractivity contribution in [2.75, 3.05) is 32.7 Å². The summed E-state index contributed by atoms with van der Waals surface area (Å²) in [7, 11) is -1.26. The fraction of sp³-hybridized carbons (Fsp3) is 0.359. The predicted octanol–water partition coefficient (Wildman–Crippen LogP) is 6.52. The van der Waals surface area contributed by atoms with Crippen LogP contribution < -0.4 is 10.6 Å². The summed E-state index contributed by atoms with van der Waals surface area (Å²) in [5.41, 5.74) is 9.72. The molecule has 2 aliphatic rings. The van der Waals surface area contributed by atoms with Gasteiger partial charge < -0.3 is 24.7 Å². The molecule has 2 N–H and O–H groups in total. The van der Waals surface area contributed by atoms with Crippen molar-refractivity contribution in [2.24, 2.45) is 7.05 Å². The Balaban J connectivity index is 1.22. The van der Waals surface area contributed by atoms with Crippen molar-refractivity contribution in [3.8, 4) is 33.6 Å². The van der Waals surface area contributed by atoms with E-state index in [4.69, 9.17) is 14.5 Å². The molecule has 2 fully saturated rings. The Hall–Kier alpha value is -3.86. The highest BCUT2D eigenvalue weighted by Gasteiger charge is 2.19. The third-order valence-corrected chi connectivity index (χ3v) is 10.8. The summed E-state index contributed by atoms with van der Waals surface area (Å²) in [6, 6.07) is 30.1. The Morgan fingerprint density at radius 3 is 1.71 bits per heavy atom. The topological polar surface area (TPSA) is 94.5 Å². The molecule has 2 aliphatic heterocycles. The fourth-order valence-corrected chi connectivity index (χ4v) is 7.36. The minimum Gasteiger partial charge on any atom is -0.381 e. The minimum atomic E-state index is -3.29. The van der Waals surface area contributed by atoms with Crippen LogP contribution in [0.25, 0.3) is 44.7 Å². The van der Waals surface area contributed by atoms with Crippen LogP contribution in [0.2, 0.25) is 0 Å². The second kappa shape index (κ2) is 14.3. The molecule has 1 aromatic heterocycles. The van der Waals surface area contributed by atoms with Crippen LogP contribution in [0.15, 0.2) is 89.8 Å². The third-order valence-electron chi connectivity index (χ3n) is 9.71. The summed E-state index contributed by atoms with van der Waals surface area (Å²) in [5, 5.41) is 7.37. The number of hydrogen-bond donors (Lipinski definition) is 2. The van der Waals surface area contributed by atoms with Crippen LogP contribution in [0.5, 0.6) is 0 Å². The molecule has 2 saturated heterocycles. The van der Waals surface area contributed by atoms with Gasteiger partial charge in [0.15, 0.2) is 9.84 Å². The molecule has 4 aromatic carbocycles. The number of aromatic nitrogens is 2. The molecule has 0 aliphatic carbocycles. The average Bonchev–Trinajstić information content (AvgIpc) is 3.46. The Morgan fingerprint density at radius 1 is 0.688 bits per heavy atom. The zero-order valence-corrected chi connectivity index (χ0v) is 28.6. The van der Waals surface area contributed by atoms with Crippen molar-refractivity contribution in [3.05, 3.63) is 96.1 Å². The van der Waals surface area contributed by atoms with Gasteiger partial charge in [0.05, 0.1) is 15.9 Å². The van der Waals surface area contributed by atoms with Gasteiger partial charge >= 0.3 is 0 Å². The molecule has 0 bridgehead atoms. The average molecular weight is 665 g/mol. The molecule has 250 valence electrons. The number of hydrogen-bond acceptors (Lipinski definition) is 7. The predicted molar refractivity (Wildman–Crippen MR) is 191 cm³/mol. The van der Waals surface area contributed by atoms with Crippen molar-refractivity contribution in [2.45, 2.75) is 55.8 Å². The number of ether oxygens (including phenoxy) is 2. The van der Waals surface area contributed by atoms with E-state index in [1.807, 2.05) is 19.2 Å². The van der Waals surface area contributed by atoms with Gasteiger partial charge in [-0.1, -0.05) is 48.5 Å².